The van der Waals surface area contributed by atoms with Crippen LogP contribution < -0.4 is 10.3 Å². The summed E-state index contributed by atoms with van der Waals surface area (Å²) in [5.41, 5.74) is 2.95. The van der Waals surface area contributed by atoms with Gasteiger partial charge in [-0.3, -0.25) is 0 Å². The maximum Gasteiger partial charge on any atom is 0.258 e. The maximum atomic E-state index is 12.1. The summed E-state index contributed by atoms with van der Waals surface area (Å²) in [5.74, 6) is 0. The number of hydrazine groups is 1. The van der Waals surface area contributed by atoms with E-state index in [4.69, 9.17) is 34.8 Å². The van der Waals surface area contributed by atoms with Crippen LogP contribution in [-0.4, -0.2) is 8.42 Å². The Balaban J connectivity index is 2.24. The van der Waals surface area contributed by atoms with Gasteiger partial charge in [0.05, 0.1) is 15.7 Å². The van der Waals surface area contributed by atoms with E-state index in [2.05, 4.69) is 10.3 Å². The molecule has 20 heavy (non-hydrogen) atoms. The van der Waals surface area contributed by atoms with E-state index >= 15 is 0 Å². The van der Waals surface area contributed by atoms with Gasteiger partial charge in [0.15, 0.2) is 0 Å². The quantitative estimate of drug-likeness (QED) is 0.820. The van der Waals surface area contributed by atoms with Crippen molar-refractivity contribution in [1.82, 2.24) is 4.83 Å². The molecule has 106 valence electrons. The lowest BCUT2D eigenvalue weighted by molar-refractivity contribution is 0.588. The van der Waals surface area contributed by atoms with Crippen LogP contribution in [0.25, 0.3) is 0 Å². The summed E-state index contributed by atoms with van der Waals surface area (Å²) in [6, 6.07) is 10.9. The molecule has 0 saturated heterocycles. The van der Waals surface area contributed by atoms with Crippen LogP contribution >= 0.6 is 34.8 Å². The molecule has 0 fully saturated rings. The molecule has 0 atom stereocenters. The standard InChI is InChI=1S/C12H9Cl3N2O2S/c13-8-5-6-10(15)12(7-8)20(18,19)17-16-11-4-2-1-3-9(11)14/h1-7,16-17H. The summed E-state index contributed by atoms with van der Waals surface area (Å²) in [6.45, 7) is 0. The van der Waals surface area contributed by atoms with Crippen molar-refractivity contribution in [2.75, 3.05) is 5.43 Å². The first-order chi connectivity index (χ1) is 9.40. The van der Waals surface area contributed by atoms with Gasteiger partial charge in [0, 0.05) is 5.02 Å². The molecule has 0 aliphatic rings. The Bertz CT molecular complexity index is 735. The first-order valence-corrected chi connectivity index (χ1v) is 7.99. The zero-order valence-electron chi connectivity index (χ0n) is 9.90. The van der Waals surface area contributed by atoms with Crippen LogP contribution in [0.2, 0.25) is 15.1 Å². The Labute approximate surface area is 131 Å². The van der Waals surface area contributed by atoms with E-state index in [1.807, 2.05) is 0 Å². The van der Waals surface area contributed by atoms with E-state index in [1.54, 1.807) is 24.3 Å². The van der Waals surface area contributed by atoms with Gasteiger partial charge in [-0.1, -0.05) is 46.9 Å². The van der Waals surface area contributed by atoms with Crippen molar-refractivity contribution in [3.8, 4) is 0 Å². The van der Waals surface area contributed by atoms with Gasteiger partial charge in [-0.15, -0.1) is 4.83 Å². The minimum atomic E-state index is -3.86. The fourth-order valence-electron chi connectivity index (χ4n) is 1.42. The molecule has 0 unspecified atom stereocenters. The van der Waals surface area contributed by atoms with E-state index in [0.29, 0.717) is 10.7 Å². The lowest BCUT2D eigenvalue weighted by atomic mass is 10.3. The van der Waals surface area contributed by atoms with E-state index < -0.39 is 10.0 Å². The summed E-state index contributed by atoms with van der Waals surface area (Å²) in [6.07, 6.45) is 0. The summed E-state index contributed by atoms with van der Waals surface area (Å²) >= 11 is 17.5. The van der Waals surface area contributed by atoms with Crippen molar-refractivity contribution < 1.29 is 8.42 Å². The van der Waals surface area contributed by atoms with E-state index in [1.165, 1.54) is 18.2 Å². The number of nitrogens with one attached hydrogen (secondary N) is 2. The largest absolute Gasteiger partial charge is 0.306 e. The van der Waals surface area contributed by atoms with Crippen molar-refractivity contribution in [2.45, 2.75) is 4.90 Å². The highest BCUT2D eigenvalue weighted by molar-refractivity contribution is 7.89. The van der Waals surface area contributed by atoms with Gasteiger partial charge in [-0.25, -0.2) is 8.42 Å². The Hall–Kier alpha value is -0.980. The third-order valence-corrected chi connectivity index (χ3v) is 4.67. The summed E-state index contributed by atoms with van der Waals surface area (Å²) in [5, 5.41) is 0.725. The molecular weight excluding hydrogens is 343 g/mol. The molecule has 0 saturated carbocycles. The predicted molar refractivity (Wildman–Crippen MR) is 81.9 cm³/mol. The average molecular weight is 352 g/mol. The van der Waals surface area contributed by atoms with Crippen LogP contribution in [0.4, 0.5) is 5.69 Å². The fourth-order valence-corrected chi connectivity index (χ4v) is 3.23. The van der Waals surface area contributed by atoms with E-state index in [0.717, 1.165) is 0 Å². The van der Waals surface area contributed by atoms with Gasteiger partial charge in [-0.05, 0) is 30.3 Å². The normalized spacial score (nSPS) is 11.3. The fraction of sp³-hybridized carbons (Fsp3) is 0. The van der Waals surface area contributed by atoms with Crippen LogP contribution in [0.5, 0.6) is 0 Å². The molecule has 0 spiro atoms. The summed E-state index contributed by atoms with van der Waals surface area (Å²) < 4.78 is 24.3. The summed E-state index contributed by atoms with van der Waals surface area (Å²) in [4.78, 5) is 2.08. The Morgan fingerprint density at radius 2 is 1.60 bits per heavy atom. The van der Waals surface area contributed by atoms with Crippen LogP contribution in [-0.2, 0) is 10.0 Å². The maximum absolute atomic E-state index is 12.1. The SMILES string of the molecule is O=S(=O)(NNc1ccccc1Cl)c1cc(Cl)ccc1Cl. The van der Waals surface area contributed by atoms with Crippen LogP contribution in [0.1, 0.15) is 0 Å². The highest BCUT2D eigenvalue weighted by atomic mass is 35.5. The van der Waals surface area contributed by atoms with Gasteiger partial charge in [0.2, 0.25) is 0 Å². The van der Waals surface area contributed by atoms with Gasteiger partial charge in [0.25, 0.3) is 10.0 Å². The molecule has 0 radical (unpaired) electrons. The predicted octanol–water partition coefficient (Wildman–Crippen LogP) is 3.95. The van der Waals surface area contributed by atoms with Crippen molar-refractivity contribution in [2.24, 2.45) is 0 Å². The Morgan fingerprint density at radius 3 is 2.30 bits per heavy atom. The highest BCUT2D eigenvalue weighted by Crippen LogP contribution is 2.25. The molecule has 8 heteroatoms. The Morgan fingerprint density at radius 1 is 0.900 bits per heavy atom. The number of benzene rings is 2. The molecule has 0 aliphatic heterocycles. The first kappa shape index (κ1) is 15.4. The molecule has 4 nitrogen and oxygen atoms in total. The number of para-hydroxylation sites is 1. The molecule has 0 aromatic heterocycles. The average Bonchev–Trinajstić information content (AvgIpc) is 2.40. The van der Waals surface area contributed by atoms with Gasteiger partial charge >= 0.3 is 0 Å². The summed E-state index contributed by atoms with van der Waals surface area (Å²) in [7, 11) is -3.86. The molecule has 0 bridgehead atoms. The van der Waals surface area contributed by atoms with Gasteiger partial charge in [-0.2, -0.15) is 0 Å². The lowest BCUT2D eigenvalue weighted by Crippen LogP contribution is -2.29. The lowest BCUT2D eigenvalue weighted by Gasteiger charge is -2.11. The topological polar surface area (TPSA) is 58.2 Å². The number of sulfonamides is 1. The third-order valence-electron chi connectivity index (χ3n) is 2.38. The Kier molecular flexibility index (Phi) is 4.78. The molecule has 2 aromatic carbocycles. The van der Waals surface area contributed by atoms with Crippen molar-refractivity contribution >= 4 is 50.5 Å². The molecule has 0 amide bonds. The zero-order valence-corrected chi connectivity index (χ0v) is 13.0. The molecule has 2 aromatic rings. The minimum absolute atomic E-state index is 0.0721. The number of rotatable bonds is 4. The van der Waals surface area contributed by atoms with Crippen molar-refractivity contribution in [3.63, 3.8) is 0 Å². The van der Waals surface area contributed by atoms with Crippen LogP contribution in [0.15, 0.2) is 47.4 Å². The second kappa shape index (κ2) is 6.20. The van der Waals surface area contributed by atoms with Gasteiger partial charge < -0.3 is 5.43 Å². The smallest absolute Gasteiger partial charge is 0.258 e. The molecular formula is C12H9Cl3N2O2S. The minimum Gasteiger partial charge on any atom is -0.306 e. The zero-order chi connectivity index (χ0) is 14.8. The molecule has 2 N–H and O–H groups in total. The second-order valence-electron chi connectivity index (χ2n) is 3.79. The number of anilines is 1. The van der Waals surface area contributed by atoms with Crippen molar-refractivity contribution in [3.05, 3.63) is 57.5 Å². The van der Waals surface area contributed by atoms with Gasteiger partial charge in [0.1, 0.15) is 4.90 Å². The number of hydrogen-bond acceptors (Lipinski definition) is 3. The molecule has 0 heterocycles. The van der Waals surface area contributed by atoms with Crippen LogP contribution in [0, 0.1) is 0 Å². The number of halogens is 3. The van der Waals surface area contributed by atoms with Crippen molar-refractivity contribution in [1.29, 1.82) is 0 Å². The molecule has 0 aliphatic carbocycles. The van der Waals surface area contributed by atoms with E-state index in [9.17, 15) is 8.42 Å². The van der Waals surface area contributed by atoms with Crippen LogP contribution in [0.3, 0.4) is 0 Å². The molecule has 2 rings (SSSR count). The number of hydrogen-bond donors (Lipinski definition) is 2. The highest BCUT2D eigenvalue weighted by Gasteiger charge is 2.18. The monoisotopic (exact) mass is 350 g/mol. The third kappa shape index (κ3) is 3.56. The first-order valence-electron chi connectivity index (χ1n) is 5.37. The second-order valence-corrected chi connectivity index (χ2v) is 6.69. The van der Waals surface area contributed by atoms with E-state index in [-0.39, 0.29) is 14.9 Å².